The summed E-state index contributed by atoms with van der Waals surface area (Å²) in [5.74, 6) is -0.310. The number of imidazole rings is 1. The summed E-state index contributed by atoms with van der Waals surface area (Å²) in [6, 6.07) is 10.3. The Balaban J connectivity index is 0.00000280. The molecule has 5 heterocycles. The summed E-state index contributed by atoms with van der Waals surface area (Å²) in [7, 11) is 0. The highest BCUT2D eigenvalue weighted by Crippen LogP contribution is 2.35. The molecule has 1 aliphatic heterocycles. The summed E-state index contributed by atoms with van der Waals surface area (Å²) >= 11 is 13.4. The van der Waals surface area contributed by atoms with Crippen LogP contribution in [0.2, 0.25) is 10.2 Å². The first-order chi connectivity index (χ1) is 17.4. The van der Waals surface area contributed by atoms with E-state index in [1.165, 1.54) is 0 Å². The number of thiophene rings is 1. The average Bonchev–Trinajstić information content (AvgIpc) is 3.63. The number of pyridine rings is 1. The first-order valence-corrected chi connectivity index (χ1v) is 12.5. The van der Waals surface area contributed by atoms with Gasteiger partial charge in [0.2, 0.25) is 0 Å². The lowest BCUT2D eigenvalue weighted by molar-refractivity contribution is 0.0702. The molecule has 13 heteroatoms. The van der Waals surface area contributed by atoms with Gasteiger partial charge in [-0.15, -0.1) is 28.8 Å². The Kier molecular flexibility index (Phi) is 6.67. The minimum atomic E-state index is -0.965. The van der Waals surface area contributed by atoms with Gasteiger partial charge in [0.1, 0.15) is 10.7 Å². The average molecular weight is 576 g/mol. The molecule has 2 N–H and O–H groups in total. The minimum Gasteiger partial charge on any atom is -0.477 e. The highest BCUT2D eigenvalue weighted by atomic mass is 35.5. The van der Waals surface area contributed by atoms with Gasteiger partial charge < -0.3 is 14.7 Å². The number of aromatic carboxylic acids is 1. The number of nitrogens with zero attached hydrogens (tertiary/aromatic N) is 5. The third-order valence-electron chi connectivity index (χ3n) is 6.15. The first kappa shape index (κ1) is 25.2. The molecule has 188 valence electrons. The normalized spacial score (nSPS) is 14.4. The first-order valence-electron chi connectivity index (χ1n) is 10.9. The Morgan fingerprint density at radius 2 is 2.00 bits per heavy atom. The topological polar surface area (TPSA) is 119 Å². The van der Waals surface area contributed by atoms with Gasteiger partial charge in [0.15, 0.2) is 5.15 Å². The fourth-order valence-corrected chi connectivity index (χ4v) is 5.60. The standard InChI is InChI=1S/C24H16Cl2N6O3S.ClH/c25-14-1-3-18(31-10-21(26)29-30-31)16(8-14)12-5-15-2-4-19(32(15)22(33)7-12)23-27-9-17(28-23)13-6-20(24(34)35)36-11-13;/h1,3,5-11,19H,2,4H2,(H,27,28)(H,34,35);1H/t19-;/m0./s1. The Hall–Kier alpha value is -3.44. The number of carboxylic acid groups (broad SMARTS) is 1. The molecule has 4 aromatic heterocycles. The monoisotopic (exact) mass is 574 g/mol. The number of carboxylic acids is 1. The van der Waals surface area contributed by atoms with Crippen molar-refractivity contribution in [3.63, 3.8) is 0 Å². The van der Waals surface area contributed by atoms with Crippen molar-refractivity contribution in [1.29, 1.82) is 0 Å². The van der Waals surface area contributed by atoms with Gasteiger partial charge in [-0.05, 0) is 48.7 Å². The predicted molar refractivity (Wildman–Crippen MR) is 144 cm³/mol. The van der Waals surface area contributed by atoms with Crippen molar-refractivity contribution in [2.75, 3.05) is 0 Å². The van der Waals surface area contributed by atoms with Crippen LogP contribution in [0.1, 0.15) is 33.7 Å². The maximum absolute atomic E-state index is 13.3. The second kappa shape index (κ2) is 9.79. The molecule has 37 heavy (non-hydrogen) atoms. The number of aromatic nitrogens is 6. The number of benzene rings is 1. The van der Waals surface area contributed by atoms with Crippen molar-refractivity contribution in [1.82, 2.24) is 29.5 Å². The molecule has 0 saturated carbocycles. The summed E-state index contributed by atoms with van der Waals surface area (Å²) < 4.78 is 3.30. The Morgan fingerprint density at radius 3 is 2.73 bits per heavy atom. The lowest BCUT2D eigenvalue weighted by Gasteiger charge is -2.15. The van der Waals surface area contributed by atoms with Crippen LogP contribution in [0.25, 0.3) is 28.1 Å². The highest BCUT2D eigenvalue weighted by molar-refractivity contribution is 7.12. The predicted octanol–water partition coefficient (Wildman–Crippen LogP) is 5.51. The molecule has 0 aliphatic carbocycles. The van der Waals surface area contributed by atoms with Gasteiger partial charge in [-0.1, -0.05) is 28.4 Å². The fraction of sp³-hybridized carbons (Fsp3) is 0.125. The van der Waals surface area contributed by atoms with E-state index in [2.05, 4.69) is 20.3 Å². The maximum Gasteiger partial charge on any atom is 0.345 e. The zero-order valence-electron chi connectivity index (χ0n) is 18.8. The summed E-state index contributed by atoms with van der Waals surface area (Å²) in [5.41, 5.74) is 4.34. The van der Waals surface area contributed by atoms with Crippen LogP contribution < -0.4 is 5.56 Å². The Labute approximate surface area is 229 Å². The van der Waals surface area contributed by atoms with E-state index in [1.807, 2.05) is 6.07 Å². The number of hydrogen-bond donors (Lipinski definition) is 2. The number of carbonyl (C=O) groups is 1. The molecule has 1 aromatic carbocycles. The van der Waals surface area contributed by atoms with Crippen LogP contribution in [-0.4, -0.2) is 40.6 Å². The molecule has 9 nitrogen and oxygen atoms in total. The number of rotatable bonds is 5. The number of nitrogens with one attached hydrogen (secondary N) is 1. The van der Waals surface area contributed by atoms with Crippen LogP contribution in [0.4, 0.5) is 0 Å². The van der Waals surface area contributed by atoms with Gasteiger partial charge in [0.05, 0.1) is 29.8 Å². The molecule has 1 atom stereocenters. The van der Waals surface area contributed by atoms with E-state index >= 15 is 0 Å². The third-order valence-corrected chi connectivity index (χ3v) is 7.47. The van der Waals surface area contributed by atoms with E-state index in [0.29, 0.717) is 35.1 Å². The lowest BCUT2D eigenvalue weighted by Crippen LogP contribution is -2.23. The van der Waals surface area contributed by atoms with E-state index in [0.717, 1.165) is 33.7 Å². The Morgan fingerprint density at radius 1 is 1.16 bits per heavy atom. The lowest BCUT2D eigenvalue weighted by atomic mass is 10.0. The summed E-state index contributed by atoms with van der Waals surface area (Å²) in [5, 5.41) is 19.6. The summed E-state index contributed by atoms with van der Waals surface area (Å²) in [6.45, 7) is 0. The van der Waals surface area contributed by atoms with Crippen molar-refractivity contribution in [2.24, 2.45) is 0 Å². The van der Waals surface area contributed by atoms with Crippen LogP contribution >= 0.6 is 46.9 Å². The number of hydrogen-bond acceptors (Lipinski definition) is 6. The zero-order valence-corrected chi connectivity index (χ0v) is 21.9. The van der Waals surface area contributed by atoms with Crippen LogP contribution in [0.15, 0.2) is 59.0 Å². The number of aryl methyl sites for hydroxylation is 1. The molecule has 5 aromatic rings. The van der Waals surface area contributed by atoms with E-state index in [-0.39, 0.29) is 34.0 Å². The van der Waals surface area contributed by atoms with Crippen molar-refractivity contribution < 1.29 is 9.90 Å². The van der Waals surface area contributed by atoms with Gasteiger partial charge in [-0.2, -0.15) is 0 Å². The van der Waals surface area contributed by atoms with Crippen molar-refractivity contribution in [2.45, 2.75) is 18.9 Å². The van der Waals surface area contributed by atoms with Gasteiger partial charge >= 0.3 is 5.97 Å². The van der Waals surface area contributed by atoms with Crippen molar-refractivity contribution >= 4 is 52.9 Å². The van der Waals surface area contributed by atoms with Gasteiger partial charge in [-0.3, -0.25) is 4.79 Å². The summed E-state index contributed by atoms with van der Waals surface area (Å²) in [6.07, 6.45) is 4.65. The van der Waals surface area contributed by atoms with Gasteiger partial charge in [0.25, 0.3) is 5.56 Å². The fourth-order valence-electron chi connectivity index (χ4n) is 4.55. The molecule has 0 unspecified atom stereocenters. The van der Waals surface area contributed by atoms with Crippen LogP contribution in [0, 0.1) is 0 Å². The molecule has 0 bridgehead atoms. The van der Waals surface area contributed by atoms with Gasteiger partial charge in [-0.25, -0.2) is 14.5 Å². The zero-order chi connectivity index (χ0) is 25.0. The maximum atomic E-state index is 13.3. The SMILES string of the molecule is Cl.O=C(O)c1cc(-c2cnc([C@@H]3CCc4cc(-c5cc(Cl)ccc5-n5cc(Cl)nn5)cc(=O)n43)[nH]2)cs1. The Bertz CT molecular complexity index is 1710. The smallest absolute Gasteiger partial charge is 0.345 e. The van der Waals surface area contributed by atoms with Crippen LogP contribution in [0.5, 0.6) is 0 Å². The largest absolute Gasteiger partial charge is 0.477 e. The molecule has 0 radical (unpaired) electrons. The molecule has 0 amide bonds. The van der Waals surface area contributed by atoms with E-state index in [4.69, 9.17) is 23.2 Å². The quantitative estimate of drug-likeness (QED) is 0.285. The molecule has 6 rings (SSSR count). The van der Waals surface area contributed by atoms with Crippen LogP contribution in [0.3, 0.4) is 0 Å². The molecular weight excluding hydrogens is 559 g/mol. The molecule has 0 saturated heterocycles. The van der Waals surface area contributed by atoms with E-state index in [1.54, 1.807) is 57.4 Å². The molecular formula is C24H17Cl3N6O3S. The number of H-pyrrole nitrogens is 1. The number of halogens is 3. The highest BCUT2D eigenvalue weighted by Gasteiger charge is 2.28. The van der Waals surface area contributed by atoms with E-state index < -0.39 is 5.97 Å². The van der Waals surface area contributed by atoms with Crippen molar-refractivity contribution in [3.8, 4) is 28.1 Å². The van der Waals surface area contributed by atoms with Gasteiger partial charge in [0, 0.05) is 33.3 Å². The minimum absolute atomic E-state index is 0. The molecule has 1 aliphatic rings. The number of aromatic amines is 1. The van der Waals surface area contributed by atoms with E-state index in [9.17, 15) is 14.7 Å². The van der Waals surface area contributed by atoms with Crippen molar-refractivity contribution in [3.05, 3.63) is 91.1 Å². The molecule has 0 fully saturated rings. The second-order valence-corrected chi connectivity index (χ2v) is 10.1. The molecule has 0 spiro atoms. The summed E-state index contributed by atoms with van der Waals surface area (Å²) in [4.78, 5) is 32.6. The second-order valence-electron chi connectivity index (χ2n) is 8.33. The van der Waals surface area contributed by atoms with Crippen LogP contribution in [-0.2, 0) is 6.42 Å². The number of fused-ring (bicyclic) bond motifs is 1. The third kappa shape index (κ3) is 4.57.